The van der Waals surface area contributed by atoms with Crippen molar-refractivity contribution in [2.24, 2.45) is 0 Å². The summed E-state index contributed by atoms with van der Waals surface area (Å²) >= 11 is 0. The van der Waals surface area contributed by atoms with E-state index in [9.17, 15) is 44.4 Å². The van der Waals surface area contributed by atoms with Crippen molar-refractivity contribution < 1.29 is 76.8 Å². The van der Waals surface area contributed by atoms with Crippen molar-refractivity contribution in [2.75, 3.05) is 37.0 Å². The highest BCUT2D eigenvalue weighted by molar-refractivity contribution is 7.47. The molecule has 0 spiro atoms. The number of nitrogen functional groups attached to an aromatic ring is 3. The molecule has 6 aromatic rings. The highest BCUT2D eigenvalue weighted by Crippen LogP contribution is 2.53. The van der Waals surface area contributed by atoms with E-state index >= 15 is 0 Å². The van der Waals surface area contributed by atoms with E-state index in [1.807, 2.05) is 0 Å². The van der Waals surface area contributed by atoms with Crippen molar-refractivity contribution in [1.82, 2.24) is 53.6 Å². The summed E-state index contributed by atoms with van der Waals surface area (Å²) in [7, 11) is -10.6. The van der Waals surface area contributed by atoms with Gasteiger partial charge >= 0.3 is 15.6 Å². The van der Waals surface area contributed by atoms with Gasteiger partial charge in [-0.3, -0.25) is 31.8 Å². The first-order valence-electron chi connectivity index (χ1n) is 18.6. The van der Waals surface area contributed by atoms with Gasteiger partial charge in [0.2, 0.25) is 0 Å². The van der Waals surface area contributed by atoms with E-state index in [4.69, 9.17) is 49.5 Å². The van der Waals surface area contributed by atoms with Gasteiger partial charge in [-0.05, 0) is 6.07 Å². The molecule has 3 fully saturated rings. The number of imidazole rings is 3. The van der Waals surface area contributed by atoms with Crippen molar-refractivity contribution in [3.8, 4) is 0 Å². The van der Waals surface area contributed by atoms with Gasteiger partial charge in [0.1, 0.15) is 84.1 Å². The molecular weight excluding hydrogens is 886 g/mol. The third kappa shape index (κ3) is 7.88. The Morgan fingerprint density at radius 2 is 1.03 bits per heavy atom. The third-order valence-corrected chi connectivity index (χ3v) is 12.5. The summed E-state index contributed by atoms with van der Waals surface area (Å²) < 4.78 is 69.6. The van der Waals surface area contributed by atoms with Crippen LogP contribution in [-0.4, -0.2) is 164 Å². The second-order valence-electron chi connectivity index (χ2n) is 14.4. The van der Waals surface area contributed by atoms with Gasteiger partial charge in [0, 0.05) is 6.20 Å². The van der Waals surface area contributed by atoms with Crippen LogP contribution in [0.3, 0.4) is 0 Å². The Bertz CT molecular complexity index is 2750. The van der Waals surface area contributed by atoms with E-state index in [0.29, 0.717) is 11.2 Å². The number of fused-ring (bicyclic) bond motifs is 3. The summed E-state index contributed by atoms with van der Waals surface area (Å²) in [6, 6.07) is 1.52. The first-order valence-corrected chi connectivity index (χ1v) is 21.6. The number of aliphatic hydroxyl groups is 5. The lowest BCUT2D eigenvalue weighted by molar-refractivity contribution is -0.0645. The van der Waals surface area contributed by atoms with E-state index in [1.165, 1.54) is 38.6 Å². The summed E-state index contributed by atoms with van der Waals surface area (Å²) in [4.78, 5) is 54.5. The highest BCUT2D eigenvalue weighted by Gasteiger charge is 2.53. The second-order valence-corrected chi connectivity index (χ2v) is 17.2. The minimum Gasteiger partial charge on any atom is -0.397 e. The predicted molar refractivity (Wildman–Crippen MR) is 206 cm³/mol. The summed E-state index contributed by atoms with van der Waals surface area (Å²) in [5, 5.41) is 54.0. The first kappa shape index (κ1) is 43.3. The predicted octanol–water partition coefficient (Wildman–Crippen LogP) is -3.01. The van der Waals surface area contributed by atoms with E-state index in [-0.39, 0.29) is 39.6 Å². The quantitative estimate of drug-likeness (QED) is 0.0486. The molecule has 14 atom stereocenters. The van der Waals surface area contributed by atoms with Crippen LogP contribution in [-0.2, 0) is 41.4 Å². The van der Waals surface area contributed by atoms with E-state index in [1.54, 1.807) is 0 Å². The minimum atomic E-state index is -5.29. The van der Waals surface area contributed by atoms with Gasteiger partial charge in [0.05, 0.1) is 44.5 Å². The molecule has 30 nitrogen and oxygen atoms in total. The fourth-order valence-electron chi connectivity index (χ4n) is 7.45. The Morgan fingerprint density at radius 1 is 0.587 bits per heavy atom. The van der Waals surface area contributed by atoms with Crippen LogP contribution in [0.4, 0.5) is 17.3 Å². The van der Waals surface area contributed by atoms with Crippen LogP contribution in [0.5, 0.6) is 0 Å². The van der Waals surface area contributed by atoms with Crippen molar-refractivity contribution in [3.63, 3.8) is 0 Å². The van der Waals surface area contributed by atoms with E-state index in [2.05, 4.69) is 39.9 Å². The zero-order valence-corrected chi connectivity index (χ0v) is 33.7. The van der Waals surface area contributed by atoms with Gasteiger partial charge < -0.3 is 66.7 Å². The zero-order valence-electron chi connectivity index (χ0n) is 31.9. The molecule has 2 unspecified atom stereocenters. The van der Waals surface area contributed by atoms with Gasteiger partial charge in [-0.2, -0.15) is 0 Å². The standard InChI is InChI=1S/C31H38N14O16P2/c32-11-1-2-35-26-15(11)40-8-43(26)29-21(50)18(47)13(58-29)4-55-62(51,52)61-23-20(49)14(59-31(23)45-10-42-17-25(34)37-7-39-28(17)45)5-56-63(53,54)60-22-19(48)12(3-46)57-30(22)44-9-41-16-24(33)36-6-38-27(16)44/h1-2,6-10,12-14,18-23,29-31,46-50H,3-5H2,(H2,32,35)(H,51,52)(H,53,54)(H2,33,36,38)(H2,34,37,39)/t12-,13-,14-,18-,19-,20-,21-,22-,23-,29-,30-,31-/m1/s1. The Balaban J connectivity index is 0.913. The molecule has 3 aliphatic rings. The molecule has 3 saturated heterocycles. The molecule has 9 heterocycles. The maximum absolute atomic E-state index is 13.6. The molecule has 9 rings (SSSR count). The number of hydrogen-bond acceptors (Lipinski definition) is 25. The fourth-order valence-corrected chi connectivity index (χ4v) is 9.32. The first-order chi connectivity index (χ1) is 30.1. The lowest BCUT2D eigenvalue weighted by atomic mass is 10.1. The van der Waals surface area contributed by atoms with Gasteiger partial charge in [0.15, 0.2) is 47.3 Å². The van der Waals surface area contributed by atoms with Crippen LogP contribution in [0, 0.1) is 0 Å². The Kier molecular flexibility index (Phi) is 11.4. The molecule has 0 bridgehead atoms. The van der Waals surface area contributed by atoms with Crippen molar-refractivity contribution in [3.05, 3.63) is 43.9 Å². The van der Waals surface area contributed by atoms with Crippen LogP contribution in [0.1, 0.15) is 18.7 Å². The lowest BCUT2D eigenvalue weighted by Crippen LogP contribution is -2.37. The number of hydrogen-bond donors (Lipinski definition) is 10. The Hall–Kier alpha value is -4.98. The van der Waals surface area contributed by atoms with E-state index < -0.39 is 109 Å². The molecule has 0 aromatic carbocycles. The number of ether oxygens (including phenoxy) is 3. The van der Waals surface area contributed by atoms with Gasteiger partial charge in [0.25, 0.3) is 0 Å². The number of nitrogens with zero attached hydrogens (tertiary/aromatic N) is 11. The monoisotopic (exact) mass is 924 g/mol. The molecule has 0 aliphatic carbocycles. The fraction of sp³-hybridized carbons (Fsp3) is 0.484. The number of pyridine rings is 1. The number of phosphoric acid groups is 2. The van der Waals surface area contributed by atoms with Crippen LogP contribution in [0.2, 0.25) is 0 Å². The van der Waals surface area contributed by atoms with Crippen molar-refractivity contribution in [2.45, 2.75) is 73.6 Å². The molecule has 0 radical (unpaired) electrons. The van der Waals surface area contributed by atoms with Gasteiger partial charge in [-0.1, -0.05) is 0 Å². The van der Waals surface area contributed by atoms with Crippen LogP contribution in [0.15, 0.2) is 43.9 Å². The normalized spacial score (nSPS) is 31.9. The maximum atomic E-state index is 13.6. The number of nitrogens with two attached hydrogens (primary N) is 3. The topological polar surface area (TPSA) is 436 Å². The molecule has 63 heavy (non-hydrogen) atoms. The molecule has 6 aromatic heterocycles. The largest absolute Gasteiger partial charge is 0.472 e. The third-order valence-electron chi connectivity index (χ3n) is 10.5. The van der Waals surface area contributed by atoms with Crippen LogP contribution >= 0.6 is 15.6 Å². The summed E-state index contributed by atoms with van der Waals surface area (Å²) in [5.74, 6) is -0.0501. The van der Waals surface area contributed by atoms with E-state index in [0.717, 1.165) is 19.0 Å². The molecule has 338 valence electrons. The SMILES string of the molecule is Nc1ccnc2c1ncn2[C@@H]1O[C@H](COP(=O)(O)O[C@@H]2[C@H](O)[C@@H](COP(=O)(O)O[C@@H]3[C@H](O)[C@@H](CO)O[C@H]3n3cnc4c(N)ncnc43)O[C@H]2n2cnc3c(N)ncnc32)[C@@H](O)[C@H]1O. The maximum Gasteiger partial charge on any atom is 0.472 e. The van der Waals surface area contributed by atoms with Crippen LogP contribution < -0.4 is 17.2 Å². The number of phosphoric ester groups is 2. The number of rotatable bonds is 14. The number of aliphatic hydroxyl groups excluding tert-OH is 5. The summed E-state index contributed by atoms with van der Waals surface area (Å²) in [6.45, 7) is -2.52. The lowest BCUT2D eigenvalue weighted by Gasteiger charge is -2.25. The summed E-state index contributed by atoms with van der Waals surface area (Å²) in [5.41, 5.74) is 18.9. The average Bonchev–Trinajstić information content (AvgIpc) is 4.11. The molecule has 3 aliphatic heterocycles. The second kappa shape index (κ2) is 16.5. The zero-order chi connectivity index (χ0) is 44.5. The number of aromatic nitrogens is 11. The molecule has 32 heteroatoms. The number of anilines is 3. The highest BCUT2D eigenvalue weighted by atomic mass is 31.2. The molecule has 13 N–H and O–H groups in total. The van der Waals surface area contributed by atoms with Gasteiger partial charge in [-0.25, -0.2) is 49.0 Å². The summed E-state index contributed by atoms with van der Waals surface area (Å²) in [6.07, 6.45) is -11.8. The Labute approximate surface area is 351 Å². The Morgan fingerprint density at radius 3 is 1.57 bits per heavy atom. The molecule has 0 amide bonds. The molecule has 0 saturated carbocycles. The van der Waals surface area contributed by atoms with Gasteiger partial charge in [-0.15, -0.1) is 0 Å². The van der Waals surface area contributed by atoms with Crippen LogP contribution in [0.25, 0.3) is 33.5 Å². The van der Waals surface area contributed by atoms with Crippen molar-refractivity contribution in [1.29, 1.82) is 0 Å². The smallest absolute Gasteiger partial charge is 0.397 e. The average molecular weight is 925 g/mol. The van der Waals surface area contributed by atoms with Crippen molar-refractivity contribution >= 4 is 66.5 Å². The molecular formula is C31H38N14O16P2. The minimum absolute atomic E-state index is 0.00347.